The summed E-state index contributed by atoms with van der Waals surface area (Å²) in [6.07, 6.45) is 26.8. The van der Waals surface area contributed by atoms with Crippen LogP contribution in [0.1, 0.15) is 83.5 Å². The first-order valence-corrected chi connectivity index (χ1v) is 18.3. The molecular formula is C30H49NOSi. The van der Waals surface area contributed by atoms with E-state index < -0.39 is 8.07 Å². The quantitative estimate of drug-likeness (QED) is 0.343. The van der Waals surface area contributed by atoms with Crippen LogP contribution >= 0.6 is 0 Å². The van der Waals surface area contributed by atoms with Crippen molar-refractivity contribution in [1.82, 2.24) is 5.32 Å². The number of allylic oxidation sites excluding steroid dienone is 2. The summed E-state index contributed by atoms with van der Waals surface area (Å²) in [5.74, 6) is 4.45. The van der Waals surface area contributed by atoms with Gasteiger partial charge in [-0.1, -0.05) is 63.6 Å². The minimum atomic E-state index is -0.951. The largest absolute Gasteiger partial charge is 0.370 e. The van der Waals surface area contributed by atoms with Gasteiger partial charge in [-0.3, -0.25) is 0 Å². The Morgan fingerprint density at radius 2 is 1.64 bits per heavy atom. The monoisotopic (exact) mass is 467 g/mol. The van der Waals surface area contributed by atoms with Gasteiger partial charge in [0, 0.05) is 20.2 Å². The Morgan fingerprint density at radius 3 is 2.45 bits per heavy atom. The van der Waals surface area contributed by atoms with Crippen molar-refractivity contribution in [3.05, 3.63) is 23.8 Å². The van der Waals surface area contributed by atoms with Crippen LogP contribution in [0.25, 0.3) is 0 Å². The van der Waals surface area contributed by atoms with Crippen molar-refractivity contribution in [2.45, 2.75) is 133 Å². The van der Waals surface area contributed by atoms with Gasteiger partial charge in [0.25, 0.3) is 0 Å². The Kier molecular flexibility index (Phi) is 6.46. The summed E-state index contributed by atoms with van der Waals surface area (Å²) >= 11 is 0. The molecule has 2 saturated heterocycles. The molecule has 2 aliphatic heterocycles. The van der Waals surface area contributed by atoms with Crippen LogP contribution in [0.2, 0.25) is 25.2 Å². The molecule has 6 aliphatic rings. The molecule has 2 saturated carbocycles. The highest BCUT2D eigenvalue weighted by atomic mass is 28.3. The number of fused-ring (bicyclic) bond motifs is 4. The minimum Gasteiger partial charge on any atom is -0.370 e. The zero-order valence-corrected chi connectivity index (χ0v) is 22.6. The summed E-state index contributed by atoms with van der Waals surface area (Å²) in [7, 11) is -0.951. The number of piperidine rings is 1. The fourth-order valence-corrected chi connectivity index (χ4v) is 11.2. The maximum absolute atomic E-state index is 6.95. The van der Waals surface area contributed by atoms with E-state index >= 15 is 0 Å². The van der Waals surface area contributed by atoms with Crippen molar-refractivity contribution < 1.29 is 4.74 Å². The summed E-state index contributed by atoms with van der Waals surface area (Å²) in [6.45, 7) is 7.79. The van der Waals surface area contributed by atoms with Gasteiger partial charge in [0.1, 0.15) is 0 Å². The van der Waals surface area contributed by atoms with Crippen LogP contribution in [-0.4, -0.2) is 32.4 Å². The van der Waals surface area contributed by atoms with Crippen molar-refractivity contribution in [1.29, 1.82) is 0 Å². The van der Waals surface area contributed by atoms with Gasteiger partial charge in [-0.15, -0.1) is 0 Å². The molecule has 4 fully saturated rings. The first-order chi connectivity index (χ1) is 16.0. The van der Waals surface area contributed by atoms with Crippen molar-refractivity contribution in [2.75, 3.05) is 0 Å². The lowest BCUT2D eigenvalue weighted by atomic mass is 9.65. The standard InChI is InChI=1S/C30H49NOSi/c1-33(2,3)23-15-11-20(12-16-23)22-14-18-29-26(19-22)24-8-6-9-25(30(24)32-29)28-17-13-21-7-4-5-10-27(21)31-28/h4,7,9,20-24,26-31H,5-6,8,10-19H2,1-3H3. The molecule has 1 N–H and O–H groups in total. The molecule has 33 heavy (non-hydrogen) atoms. The number of nitrogens with one attached hydrogen (secondary N) is 1. The topological polar surface area (TPSA) is 21.3 Å². The average molecular weight is 468 g/mol. The van der Waals surface area contributed by atoms with Gasteiger partial charge in [0.15, 0.2) is 0 Å². The molecule has 0 aromatic carbocycles. The van der Waals surface area contributed by atoms with E-state index in [1.807, 2.05) is 0 Å². The fraction of sp³-hybridized carbons (Fsp3) is 0.867. The molecular weight excluding hydrogens is 418 g/mol. The van der Waals surface area contributed by atoms with E-state index in [1.54, 1.807) is 5.57 Å². The SMILES string of the molecule is C[Si](C)(C)C1CCC(C2CCC3OC4C(C5CCC6C=CCCC6N5)=CCCC4C3C2)CC1. The molecule has 4 aliphatic carbocycles. The molecule has 0 radical (unpaired) electrons. The molecule has 0 spiro atoms. The van der Waals surface area contributed by atoms with E-state index in [-0.39, 0.29) is 0 Å². The maximum Gasteiger partial charge on any atom is 0.0835 e. The molecule has 6 rings (SSSR count). The lowest BCUT2D eigenvalue weighted by Gasteiger charge is -2.43. The van der Waals surface area contributed by atoms with Gasteiger partial charge in [0.05, 0.1) is 12.2 Å². The van der Waals surface area contributed by atoms with Crippen LogP contribution < -0.4 is 5.32 Å². The second kappa shape index (κ2) is 9.25. The molecule has 0 aromatic rings. The third-order valence-corrected chi connectivity index (χ3v) is 14.2. The molecule has 2 nitrogen and oxygen atoms in total. The lowest BCUT2D eigenvalue weighted by molar-refractivity contribution is 0.00958. The molecule has 0 aromatic heterocycles. The van der Waals surface area contributed by atoms with Gasteiger partial charge in [-0.2, -0.15) is 0 Å². The Hall–Kier alpha value is -0.383. The van der Waals surface area contributed by atoms with E-state index in [9.17, 15) is 0 Å². The molecule has 8 unspecified atom stereocenters. The second-order valence-corrected chi connectivity index (χ2v) is 19.4. The third kappa shape index (κ3) is 4.49. The van der Waals surface area contributed by atoms with Gasteiger partial charge in [-0.25, -0.2) is 0 Å². The summed E-state index contributed by atoms with van der Waals surface area (Å²) in [5, 5.41) is 4.10. The van der Waals surface area contributed by atoms with Crippen molar-refractivity contribution in [3.8, 4) is 0 Å². The van der Waals surface area contributed by atoms with Crippen LogP contribution in [-0.2, 0) is 4.74 Å². The molecule has 8 atom stereocenters. The number of rotatable bonds is 3. The van der Waals surface area contributed by atoms with Crippen LogP contribution in [0.15, 0.2) is 23.8 Å². The smallest absolute Gasteiger partial charge is 0.0835 e. The molecule has 3 heteroatoms. The number of hydrogen-bond donors (Lipinski definition) is 1. The highest BCUT2D eigenvalue weighted by Crippen LogP contribution is 2.53. The van der Waals surface area contributed by atoms with Crippen molar-refractivity contribution >= 4 is 8.07 Å². The predicted octanol–water partition coefficient (Wildman–Crippen LogP) is 7.49. The summed E-state index contributed by atoms with van der Waals surface area (Å²) in [5.41, 5.74) is 2.75. The van der Waals surface area contributed by atoms with E-state index in [2.05, 4.69) is 43.2 Å². The van der Waals surface area contributed by atoms with E-state index in [0.717, 1.165) is 35.1 Å². The van der Waals surface area contributed by atoms with Gasteiger partial charge in [-0.05, 0) is 98.5 Å². The van der Waals surface area contributed by atoms with Crippen molar-refractivity contribution in [3.63, 3.8) is 0 Å². The van der Waals surface area contributed by atoms with Gasteiger partial charge >= 0.3 is 0 Å². The predicted molar refractivity (Wildman–Crippen MR) is 141 cm³/mol. The van der Waals surface area contributed by atoms with Gasteiger partial charge < -0.3 is 10.1 Å². The zero-order chi connectivity index (χ0) is 22.6. The average Bonchev–Trinajstić information content (AvgIpc) is 3.21. The van der Waals surface area contributed by atoms with Crippen LogP contribution in [0, 0.1) is 29.6 Å². The maximum atomic E-state index is 6.95. The number of ether oxygens (including phenoxy) is 1. The summed E-state index contributed by atoms with van der Waals surface area (Å²) in [6, 6.07) is 1.28. The lowest BCUT2D eigenvalue weighted by Crippen LogP contribution is -2.51. The molecule has 0 amide bonds. The minimum absolute atomic E-state index is 0.434. The van der Waals surface area contributed by atoms with E-state index in [0.29, 0.717) is 24.3 Å². The molecule has 184 valence electrons. The first-order valence-electron chi connectivity index (χ1n) is 14.8. The normalized spacial score (nSPS) is 47.9. The Balaban J connectivity index is 1.09. The van der Waals surface area contributed by atoms with Gasteiger partial charge in [0.2, 0.25) is 0 Å². The molecule has 2 heterocycles. The highest BCUT2D eigenvalue weighted by molar-refractivity contribution is 6.77. The van der Waals surface area contributed by atoms with E-state index in [4.69, 9.17) is 4.74 Å². The fourth-order valence-electron chi connectivity index (χ4n) is 9.18. The first kappa shape index (κ1) is 23.0. The number of hydrogen-bond acceptors (Lipinski definition) is 2. The Labute approximate surface area is 204 Å². The van der Waals surface area contributed by atoms with Crippen molar-refractivity contribution in [2.24, 2.45) is 29.6 Å². The Bertz CT molecular complexity index is 760. The van der Waals surface area contributed by atoms with Crippen LogP contribution in [0.4, 0.5) is 0 Å². The zero-order valence-electron chi connectivity index (χ0n) is 21.6. The second-order valence-electron chi connectivity index (χ2n) is 13.8. The molecule has 0 bridgehead atoms. The van der Waals surface area contributed by atoms with E-state index in [1.165, 1.54) is 83.5 Å². The summed E-state index contributed by atoms with van der Waals surface area (Å²) in [4.78, 5) is 0. The third-order valence-electron chi connectivity index (χ3n) is 11.2. The highest BCUT2D eigenvalue weighted by Gasteiger charge is 2.51. The van der Waals surface area contributed by atoms with Crippen LogP contribution in [0.5, 0.6) is 0 Å². The van der Waals surface area contributed by atoms with Crippen LogP contribution in [0.3, 0.4) is 0 Å². The Morgan fingerprint density at radius 1 is 0.818 bits per heavy atom. The summed E-state index contributed by atoms with van der Waals surface area (Å²) < 4.78 is 6.95.